The van der Waals surface area contributed by atoms with Gasteiger partial charge < -0.3 is 15.2 Å². The van der Waals surface area contributed by atoms with E-state index < -0.39 is 0 Å². The van der Waals surface area contributed by atoms with E-state index in [1.54, 1.807) is 0 Å². The van der Waals surface area contributed by atoms with Crippen molar-refractivity contribution >= 4 is 17.0 Å². The Labute approximate surface area is 112 Å². The topological polar surface area (TPSA) is 67.2 Å². The SMILES string of the molecule is CC(C)CCNC(=O)NCc1noc2ccccc12. The van der Waals surface area contributed by atoms with Gasteiger partial charge in [0.2, 0.25) is 0 Å². The molecule has 102 valence electrons. The molecule has 0 fully saturated rings. The maximum Gasteiger partial charge on any atom is 0.315 e. The second-order valence-electron chi connectivity index (χ2n) is 4.92. The fourth-order valence-corrected chi connectivity index (χ4v) is 1.77. The summed E-state index contributed by atoms with van der Waals surface area (Å²) in [5.41, 5.74) is 1.48. The minimum Gasteiger partial charge on any atom is -0.356 e. The first kappa shape index (κ1) is 13.4. The van der Waals surface area contributed by atoms with E-state index in [0.29, 0.717) is 19.0 Å². The highest BCUT2D eigenvalue weighted by Gasteiger charge is 2.08. The minimum atomic E-state index is -0.173. The predicted molar refractivity (Wildman–Crippen MR) is 73.7 cm³/mol. The molecule has 0 saturated heterocycles. The Hall–Kier alpha value is -2.04. The summed E-state index contributed by atoms with van der Waals surface area (Å²) in [5.74, 6) is 0.583. The lowest BCUT2D eigenvalue weighted by molar-refractivity contribution is 0.239. The number of fused-ring (bicyclic) bond motifs is 1. The summed E-state index contributed by atoms with van der Waals surface area (Å²) < 4.78 is 5.17. The van der Waals surface area contributed by atoms with Gasteiger partial charge in [0, 0.05) is 11.9 Å². The lowest BCUT2D eigenvalue weighted by atomic mass is 10.1. The van der Waals surface area contributed by atoms with E-state index in [-0.39, 0.29) is 6.03 Å². The number of hydrogen-bond acceptors (Lipinski definition) is 3. The van der Waals surface area contributed by atoms with E-state index in [2.05, 4.69) is 29.6 Å². The summed E-state index contributed by atoms with van der Waals surface area (Å²) in [6.45, 7) is 5.30. The molecular formula is C14H19N3O2. The summed E-state index contributed by atoms with van der Waals surface area (Å²) in [7, 11) is 0. The molecule has 0 atom stereocenters. The first-order valence-corrected chi connectivity index (χ1v) is 6.52. The second-order valence-corrected chi connectivity index (χ2v) is 4.92. The highest BCUT2D eigenvalue weighted by Crippen LogP contribution is 2.17. The van der Waals surface area contributed by atoms with Crippen LogP contribution >= 0.6 is 0 Å². The van der Waals surface area contributed by atoms with E-state index in [1.807, 2.05) is 24.3 Å². The van der Waals surface area contributed by atoms with Crippen LogP contribution in [0, 0.1) is 5.92 Å². The van der Waals surface area contributed by atoms with Crippen LogP contribution in [0.25, 0.3) is 11.0 Å². The van der Waals surface area contributed by atoms with Gasteiger partial charge in [-0.2, -0.15) is 0 Å². The number of para-hydroxylation sites is 1. The molecule has 0 aliphatic heterocycles. The van der Waals surface area contributed by atoms with Gasteiger partial charge in [0.05, 0.1) is 6.54 Å². The van der Waals surface area contributed by atoms with Gasteiger partial charge in [0.15, 0.2) is 5.58 Å². The number of urea groups is 1. The van der Waals surface area contributed by atoms with Gasteiger partial charge >= 0.3 is 6.03 Å². The number of carbonyl (C=O) groups is 1. The smallest absolute Gasteiger partial charge is 0.315 e. The van der Waals surface area contributed by atoms with Crippen LogP contribution in [-0.4, -0.2) is 17.7 Å². The number of amides is 2. The fraction of sp³-hybridized carbons (Fsp3) is 0.429. The van der Waals surface area contributed by atoms with E-state index in [0.717, 1.165) is 23.1 Å². The summed E-state index contributed by atoms with van der Waals surface area (Å²) >= 11 is 0. The van der Waals surface area contributed by atoms with Crippen molar-refractivity contribution in [2.75, 3.05) is 6.54 Å². The lowest BCUT2D eigenvalue weighted by Crippen LogP contribution is -2.36. The molecule has 1 aromatic carbocycles. The van der Waals surface area contributed by atoms with Crippen molar-refractivity contribution < 1.29 is 9.32 Å². The lowest BCUT2D eigenvalue weighted by Gasteiger charge is -2.07. The van der Waals surface area contributed by atoms with E-state index in [1.165, 1.54) is 0 Å². The third-order valence-corrected chi connectivity index (χ3v) is 2.88. The maximum absolute atomic E-state index is 11.6. The molecule has 0 aliphatic rings. The highest BCUT2D eigenvalue weighted by atomic mass is 16.5. The monoisotopic (exact) mass is 261 g/mol. The molecule has 0 radical (unpaired) electrons. The summed E-state index contributed by atoms with van der Waals surface area (Å²) in [5, 5.41) is 10.5. The van der Waals surface area contributed by atoms with Crippen LogP contribution in [0.1, 0.15) is 26.0 Å². The number of rotatable bonds is 5. The van der Waals surface area contributed by atoms with Crippen LogP contribution in [0.3, 0.4) is 0 Å². The molecule has 2 rings (SSSR count). The molecule has 2 aromatic rings. The molecule has 0 bridgehead atoms. The number of benzene rings is 1. The van der Waals surface area contributed by atoms with Gasteiger partial charge in [0.1, 0.15) is 5.69 Å². The summed E-state index contributed by atoms with van der Waals surface area (Å²) in [6, 6.07) is 7.43. The Morgan fingerprint density at radius 2 is 2.11 bits per heavy atom. The number of hydrogen-bond donors (Lipinski definition) is 2. The number of carbonyl (C=O) groups excluding carboxylic acids is 1. The molecule has 5 heteroatoms. The van der Waals surface area contributed by atoms with Gasteiger partial charge in [-0.15, -0.1) is 0 Å². The molecule has 2 N–H and O–H groups in total. The molecule has 1 heterocycles. The Morgan fingerprint density at radius 3 is 2.89 bits per heavy atom. The molecule has 19 heavy (non-hydrogen) atoms. The van der Waals surface area contributed by atoms with Crippen LogP contribution in [0.4, 0.5) is 4.79 Å². The molecule has 2 amide bonds. The average molecular weight is 261 g/mol. The van der Waals surface area contributed by atoms with Crippen LogP contribution < -0.4 is 10.6 Å². The highest BCUT2D eigenvalue weighted by molar-refractivity contribution is 5.80. The zero-order chi connectivity index (χ0) is 13.7. The van der Waals surface area contributed by atoms with E-state index in [9.17, 15) is 4.79 Å². The van der Waals surface area contributed by atoms with Gasteiger partial charge in [-0.05, 0) is 24.5 Å². The fourth-order valence-electron chi connectivity index (χ4n) is 1.77. The number of nitrogens with zero attached hydrogens (tertiary/aromatic N) is 1. The third kappa shape index (κ3) is 3.71. The zero-order valence-corrected chi connectivity index (χ0v) is 11.3. The van der Waals surface area contributed by atoms with Gasteiger partial charge in [0.25, 0.3) is 0 Å². The van der Waals surface area contributed by atoms with Crippen LogP contribution in [0.2, 0.25) is 0 Å². The van der Waals surface area contributed by atoms with Crippen molar-refractivity contribution in [3.63, 3.8) is 0 Å². The second kappa shape index (κ2) is 6.22. The molecule has 1 aromatic heterocycles. The van der Waals surface area contributed by atoms with Crippen molar-refractivity contribution in [1.82, 2.24) is 15.8 Å². The van der Waals surface area contributed by atoms with Crippen LogP contribution in [0.15, 0.2) is 28.8 Å². The molecule has 0 spiro atoms. The zero-order valence-electron chi connectivity index (χ0n) is 11.3. The number of aromatic nitrogens is 1. The first-order chi connectivity index (χ1) is 9.16. The largest absolute Gasteiger partial charge is 0.356 e. The van der Waals surface area contributed by atoms with Gasteiger partial charge in [-0.25, -0.2) is 4.79 Å². The van der Waals surface area contributed by atoms with Crippen molar-refractivity contribution in [1.29, 1.82) is 0 Å². The Kier molecular flexibility index (Phi) is 4.39. The minimum absolute atomic E-state index is 0.173. The predicted octanol–water partition coefficient (Wildman–Crippen LogP) is 2.67. The summed E-state index contributed by atoms with van der Waals surface area (Å²) in [6.07, 6.45) is 0.973. The quantitative estimate of drug-likeness (QED) is 0.869. The van der Waals surface area contributed by atoms with Gasteiger partial charge in [-0.1, -0.05) is 31.1 Å². The van der Waals surface area contributed by atoms with Crippen LogP contribution in [0.5, 0.6) is 0 Å². The van der Waals surface area contributed by atoms with Crippen molar-refractivity contribution in [3.05, 3.63) is 30.0 Å². The number of nitrogens with one attached hydrogen (secondary N) is 2. The standard InChI is InChI=1S/C14H19N3O2/c1-10(2)7-8-15-14(18)16-9-12-11-5-3-4-6-13(11)19-17-12/h3-6,10H,7-9H2,1-2H3,(H2,15,16,18). The van der Waals surface area contributed by atoms with Crippen LogP contribution in [-0.2, 0) is 6.54 Å². The van der Waals surface area contributed by atoms with Crippen molar-refractivity contribution in [2.45, 2.75) is 26.8 Å². The van der Waals surface area contributed by atoms with E-state index >= 15 is 0 Å². The van der Waals surface area contributed by atoms with Crippen molar-refractivity contribution in [2.24, 2.45) is 5.92 Å². The Bertz CT molecular complexity index is 548. The summed E-state index contributed by atoms with van der Waals surface area (Å²) in [4.78, 5) is 11.6. The Morgan fingerprint density at radius 1 is 1.32 bits per heavy atom. The Balaban J connectivity index is 1.83. The van der Waals surface area contributed by atoms with E-state index in [4.69, 9.17) is 4.52 Å². The molecule has 5 nitrogen and oxygen atoms in total. The van der Waals surface area contributed by atoms with Crippen molar-refractivity contribution in [3.8, 4) is 0 Å². The first-order valence-electron chi connectivity index (χ1n) is 6.52. The molecule has 0 saturated carbocycles. The average Bonchev–Trinajstić information content (AvgIpc) is 2.79. The molecular weight excluding hydrogens is 242 g/mol. The molecule has 0 unspecified atom stereocenters. The molecule has 0 aliphatic carbocycles. The third-order valence-electron chi connectivity index (χ3n) is 2.88. The normalized spacial score (nSPS) is 10.9. The maximum atomic E-state index is 11.6. The van der Waals surface area contributed by atoms with Gasteiger partial charge in [-0.3, -0.25) is 0 Å².